The summed E-state index contributed by atoms with van der Waals surface area (Å²) < 4.78 is 37.4. The second-order valence-corrected chi connectivity index (χ2v) is 4.06. The Bertz CT molecular complexity index is 486. The number of aromatic amines is 1. The summed E-state index contributed by atoms with van der Waals surface area (Å²) in [6, 6.07) is 5.25. The first-order chi connectivity index (χ1) is 8.52. The van der Waals surface area contributed by atoms with Crippen LogP contribution >= 0.6 is 0 Å². The number of rotatable bonds is 3. The van der Waals surface area contributed by atoms with E-state index in [1.54, 1.807) is 12.4 Å². The molecule has 1 heterocycles. The van der Waals surface area contributed by atoms with Crippen molar-refractivity contribution >= 4 is 0 Å². The van der Waals surface area contributed by atoms with Gasteiger partial charge in [0.25, 0.3) is 0 Å². The molecule has 2 aromatic rings. The Morgan fingerprint density at radius 1 is 1.22 bits per heavy atom. The van der Waals surface area contributed by atoms with E-state index in [1.165, 1.54) is 12.1 Å². The Morgan fingerprint density at radius 3 is 2.33 bits per heavy atom. The van der Waals surface area contributed by atoms with Gasteiger partial charge in [0.05, 0.1) is 5.56 Å². The molecule has 1 N–H and O–H groups in total. The van der Waals surface area contributed by atoms with E-state index in [2.05, 4.69) is 9.97 Å². The van der Waals surface area contributed by atoms with E-state index in [0.717, 1.165) is 29.9 Å². The molecule has 0 spiro atoms. The van der Waals surface area contributed by atoms with Crippen molar-refractivity contribution in [3.63, 3.8) is 0 Å². The third-order valence-corrected chi connectivity index (χ3v) is 2.90. The van der Waals surface area contributed by atoms with Gasteiger partial charge in [0.1, 0.15) is 5.82 Å². The zero-order chi connectivity index (χ0) is 13.2. The van der Waals surface area contributed by atoms with Gasteiger partial charge < -0.3 is 4.98 Å². The van der Waals surface area contributed by atoms with Crippen LogP contribution in [-0.4, -0.2) is 9.97 Å². The fourth-order valence-electron chi connectivity index (χ4n) is 1.96. The molecule has 1 aromatic carbocycles. The van der Waals surface area contributed by atoms with Crippen LogP contribution in [0.4, 0.5) is 13.2 Å². The van der Waals surface area contributed by atoms with Crippen LogP contribution in [0.2, 0.25) is 0 Å². The van der Waals surface area contributed by atoms with E-state index in [4.69, 9.17) is 0 Å². The normalized spacial score (nSPS) is 13.6. The van der Waals surface area contributed by atoms with Crippen LogP contribution in [0.5, 0.6) is 0 Å². The molecular formula is C13H13F3N2. The first-order valence-corrected chi connectivity index (χ1v) is 5.68. The van der Waals surface area contributed by atoms with Crippen molar-refractivity contribution < 1.29 is 13.2 Å². The molecule has 1 atom stereocenters. The van der Waals surface area contributed by atoms with Gasteiger partial charge >= 0.3 is 6.18 Å². The second kappa shape index (κ2) is 4.84. The Labute approximate surface area is 103 Å². The van der Waals surface area contributed by atoms with Gasteiger partial charge in [0.15, 0.2) is 0 Å². The molecule has 5 heteroatoms. The fraction of sp³-hybridized carbons (Fsp3) is 0.308. The van der Waals surface area contributed by atoms with Gasteiger partial charge in [-0.3, -0.25) is 0 Å². The summed E-state index contributed by atoms with van der Waals surface area (Å²) in [5.74, 6) is 0.777. The van der Waals surface area contributed by atoms with Crippen LogP contribution in [0.25, 0.3) is 0 Å². The first kappa shape index (κ1) is 12.7. The number of imidazole rings is 1. The molecule has 18 heavy (non-hydrogen) atoms. The number of H-pyrrole nitrogens is 1. The Morgan fingerprint density at radius 2 is 1.89 bits per heavy atom. The number of nitrogens with one attached hydrogen (secondary N) is 1. The van der Waals surface area contributed by atoms with Crippen LogP contribution in [0.1, 0.15) is 36.2 Å². The van der Waals surface area contributed by atoms with E-state index >= 15 is 0 Å². The zero-order valence-electron chi connectivity index (χ0n) is 9.83. The standard InChI is InChI=1S/C13H13F3N2/c1-2-11(12-17-7-8-18-12)9-3-5-10(6-4-9)13(14,15)16/h3-8,11H,2H2,1H3,(H,17,18)/t11-/m0/s1. The highest BCUT2D eigenvalue weighted by Gasteiger charge is 2.30. The average molecular weight is 254 g/mol. The lowest BCUT2D eigenvalue weighted by atomic mass is 9.95. The van der Waals surface area contributed by atoms with E-state index < -0.39 is 11.7 Å². The van der Waals surface area contributed by atoms with Gasteiger partial charge in [-0.1, -0.05) is 19.1 Å². The fourth-order valence-corrected chi connectivity index (χ4v) is 1.96. The summed E-state index contributed by atoms with van der Waals surface area (Å²) in [5.41, 5.74) is 0.209. The highest BCUT2D eigenvalue weighted by atomic mass is 19.4. The quantitative estimate of drug-likeness (QED) is 0.882. The largest absolute Gasteiger partial charge is 0.416 e. The Kier molecular flexibility index (Phi) is 3.41. The molecule has 0 radical (unpaired) electrons. The highest BCUT2D eigenvalue weighted by molar-refractivity contribution is 5.30. The third-order valence-electron chi connectivity index (χ3n) is 2.90. The maximum absolute atomic E-state index is 12.5. The van der Waals surface area contributed by atoms with Crippen LogP contribution in [-0.2, 0) is 6.18 Å². The number of hydrogen-bond donors (Lipinski definition) is 1. The molecule has 96 valence electrons. The summed E-state index contributed by atoms with van der Waals surface area (Å²) in [7, 11) is 0. The number of hydrogen-bond acceptors (Lipinski definition) is 1. The predicted molar refractivity (Wildman–Crippen MR) is 62.2 cm³/mol. The van der Waals surface area contributed by atoms with E-state index in [1.807, 2.05) is 6.92 Å². The molecule has 0 saturated carbocycles. The van der Waals surface area contributed by atoms with Crippen molar-refractivity contribution in [3.05, 3.63) is 53.6 Å². The minimum absolute atomic E-state index is 0.00211. The lowest BCUT2D eigenvalue weighted by Crippen LogP contribution is -2.06. The van der Waals surface area contributed by atoms with Gasteiger partial charge in [-0.2, -0.15) is 13.2 Å². The molecule has 0 fully saturated rings. The summed E-state index contributed by atoms with van der Waals surface area (Å²) in [5, 5.41) is 0. The summed E-state index contributed by atoms with van der Waals surface area (Å²) >= 11 is 0. The summed E-state index contributed by atoms with van der Waals surface area (Å²) in [4.78, 5) is 7.16. The molecule has 0 unspecified atom stereocenters. The average Bonchev–Trinajstić information content (AvgIpc) is 2.83. The molecule has 0 aliphatic rings. The van der Waals surface area contributed by atoms with Crippen molar-refractivity contribution in [1.29, 1.82) is 0 Å². The summed E-state index contributed by atoms with van der Waals surface area (Å²) in [6.45, 7) is 1.98. The van der Waals surface area contributed by atoms with Gasteiger partial charge in [-0.25, -0.2) is 4.98 Å². The third kappa shape index (κ3) is 2.55. The molecule has 1 aromatic heterocycles. The molecule has 0 aliphatic carbocycles. The number of alkyl halides is 3. The number of nitrogens with zero attached hydrogens (tertiary/aromatic N) is 1. The van der Waals surface area contributed by atoms with E-state index in [9.17, 15) is 13.2 Å². The number of halogens is 3. The monoisotopic (exact) mass is 254 g/mol. The molecule has 0 bridgehead atoms. The maximum atomic E-state index is 12.5. The smallest absolute Gasteiger partial charge is 0.348 e. The Hall–Kier alpha value is -1.78. The lowest BCUT2D eigenvalue weighted by molar-refractivity contribution is -0.137. The Balaban J connectivity index is 2.28. The van der Waals surface area contributed by atoms with E-state index in [-0.39, 0.29) is 5.92 Å². The zero-order valence-corrected chi connectivity index (χ0v) is 9.83. The van der Waals surface area contributed by atoms with Crippen LogP contribution in [0.3, 0.4) is 0 Å². The van der Waals surface area contributed by atoms with Crippen molar-refractivity contribution in [2.75, 3.05) is 0 Å². The van der Waals surface area contributed by atoms with Crippen LogP contribution in [0, 0.1) is 0 Å². The predicted octanol–water partition coefficient (Wildman–Crippen LogP) is 3.97. The first-order valence-electron chi connectivity index (χ1n) is 5.68. The molecule has 0 amide bonds. The van der Waals surface area contributed by atoms with Crippen molar-refractivity contribution in [2.24, 2.45) is 0 Å². The van der Waals surface area contributed by atoms with Crippen molar-refractivity contribution in [2.45, 2.75) is 25.4 Å². The van der Waals surface area contributed by atoms with Crippen molar-refractivity contribution in [1.82, 2.24) is 9.97 Å². The topological polar surface area (TPSA) is 28.7 Å². The molecule has 0 saturated heterocycles. The number of benzene rings is 1. The van der Waals surface area contributed by atoms with Gasteiger partial charge in [0, 0.05) is 18.3 Å². The van der Waals surface area contributed by atoms with Crippen LogP contribution < -0.4 is 0 Å². The molecule has 2 nitrogen and oxygen atoms in total. The second-order valence-electron chi connectivity index (χ2n) is 4.06. The lowest BCUT2D eigenvalue weighted by Gasteiger charge is -2.14. The number of aromatic nitrogens is 2. The van der Waals surface area contributed by atoms with Gasteiger partial charge in [-0.05, 0) is 24.1 Å². The highest BCUT2D eigenvalue weighted by Crippen LogP contribution is 2.31. The van der Waals surface area contributed by atoms with E-state index in [0.29, 0.717) is 0 Å². The minimum Gasteiger partial charge on any atom is -0.348 e. The SMILES string of the molecule is CC[C@@H](c1ccc(C(F)(F)F)cc1)c1ncc[nH]1. The van der Waals surface area contributed by atoms with Gasteiger partial charge in [0.2, 0.25) is 0 Å². The maximum Gasteiger partial charge on any atom is 0.416 e. The van der Waals surface area contributed by atoms with Crippen molar-refractivity contribution in [3.8, 4) is 0 Å². The molecular weight excluding hydrogens is 241 g/mol. The molecule has 2 rings (SSSR count). The van der Waals surface area contributed by atoms with Crippen LogP contribution in [0.15, 0.2) is 36.7 Å². The molecule has 0 aliphatic heterocycles. The van der Waals surface area contributed by atoms with Gasteiger partial charge in [-0.15, -0.1) is 0 Å². The summed E-state index contributed by atoms with van der Waals surface area (Å²) in [6.07, 6.45) is -0.159. The minimum atomic E-state index is -4.29.